The van der Waals surface area contributed by atoms with Gasteiger partial charge in [-0.3, -0.25) is 9.69 Å². The van der Waals surface area contributed by atoms with E-state index in [-0.39, 0.29) is 11.8 Å². The second-order valence-electron chi connectivity index (χ2n) is 8.40. The molecule has 1 aliphatic carbocycles. The number of carbonyl (C=O) groups is 1. The summed E-state index contributed by atoms with van der Waals surface area (Å²) in [6.45, 7) is 12.0. The van der Waals surface area contributed by atoms with E-state index in [4.69, 9.17) is 0 Å². The average Bonchev–Trinajstić information content (AvgIpc) is 2.82. The Kier molecular flexibility index (Phi) is 10.6. The first kappa shape index (κ1) is 26.1. The lowest BCUT2D eigenvalue weighted by Crippen LogP contribution is -2.30. The first-order chi connectivity index (χ1) is 15.9. The first-order valence-corrected chi connectivity index (χ1v) is 12.0. The third kappa shape index (κ3) is 7.18. The van der Waals surface area contributed by atoms with Crippen LogP contribution in [0.25, 0.3) is 5.57 Å². The normalized spacial score (nSPS) is 19.9. The maximum absolute atomic E-state index is 12.8. The molecule has 0 saturated carbocycles. The number of benzene rings is 1. The van der Waals surface area contributed by atoms with E-state index in [9.17, 15) is 4.79 Å². The summed E-state index contributed by atoms with van der Waals surface area (Å²) < 4.78 is 0. The molecule has 0 heterocycles. The van der Waals surface area contributed by atoms with Crippen molar-refractivity contribution in [2.24, 2.45) is 11.8 Å². The molecular weight excluding hydrogens is 402 g/mol. The molecule has 1 amide bonds. The van der Waals surface area contributed by atoms with Gasteiger partial charge in [-0.05, 0) is 63.2 Å². The Balaban J connectivity index is 2.42. The van der Waals surface area contributed by atoms with E-state index in [1.807, 2.05) is 44.7 Å². The van der Waals surface area contributed by atoms with E-state index in [1.165, 1.54) is 11.1 Å². The van der Waals surface area contributed by atoms with Gasteiger partial charge in [-0.1, -0.05) is 98.0 Å². The van der Waals surface area contributed by atoms with Gasteiger partial charge >= 0.3 is 0 Å². The molecule has 1 aliphatic rings. The van der Waals surface area contributed by atoms with Gasteiger partial charge in [-0.2, -0.15) is 0 Å². The standard InChI is InChI=1S/C31H39NO/c1-7-10-12-14-17-25(5)32(26(6)33)31(9-3)30(20-11-8-2)29-22-21-28(23-24(29)4)27-18-15-13-16-19-27/h7-11,13,15-24,29H,12,14H2,1-6H3/b10-7-,11-8-,25-17+,30-20-,31-9+. The molecule has 1 aromatic rings. The fourth-order valence-corrected chi connectivity index (χ4v) is 4.28. The van der Waals surface area contributed by atoms with Crippen molar-refractivity contribution >= 4 is 11.5 Å². The molecule has 0 saturated heterocycles. The molecule has 2 rings (SSSR count). The predicted octanol–water partition coefficient (Wildman–Crippen LogP) is 8.41. The second-order valence-corrected chi connectivity index (χ2v) is 8.40. The summed E-state index contributed by atoms with van der Waals surface area (Å²) in [4.78, 5) is 14.7. The Hall–Kier alpha value is -3.13. The van der Waals surface area contributed by atoms with Crippen LogP contribution in [0, 0.1) is 11.8 Å². The minimum Gasteiger partial charge on any atom is -0.286 e. The lowest BCUT2D eigenvalue weighted by Gasteiger charge is -2.33. The highest BCUT2D eigenvalue weighted by Crippen LogP contribution is 2.37. The van der Waals surface area contributed by atoms with E-state index in [2.05, 4.69) is 85.9 Å². The maximum atomic E-state index is 12.8. The van der Waals surface area contributed by atoms with Gasteiger partial charge in [-0.25, -0.2) is 0 Å². The minimum absolute atomic E-state index is 0.0298. The molecule has 0 bridgehead atoms. The zero-order valence-corrected chi connectivity index (χ0v) is 21.1. The molecule has 0 aromatic heterocycles. The van der Waals surface area contributed by atoms with Crippen LogP contribution in [0.2, 0.25) is 0 Å². The lowest BCUT2D eigenvalue weighted by molar-refractivity contribution is -0.125. The van der Waals surface area contributed by atoms with Crippen LogP contribution in [0.15, 0.2) is 108 Å². The van der Waals surface area contributed by atoms with Crippen LogP contribution in [0.4, 0.5) is 0 Å². The fourth-order valence-electron chi connectivity index (χ4n) is 4.28. The highest BCUT2D eigenvalue weighted by molar-refractivity contribution is 5.79. The monoisotopic (exact) mass is 441 g/mol. The van der Waals surface area contributed by atoms with Crippen molar-refractivity contribution in [3.63, 3.8) is 0 Å². The van der Waals surface area contributed by atoms with E-state index < -0.39 is 0 Å². The molecule has 1 aromatic carbocycles. The van der Waals surface area contributed by atoms with E-state index in [1.54, 1.807) is 6.92 Å². The molecule has 2 nitrogen and oxygen atoms in total. The Morgan fingerprint density at radius 3 is 2.33 bits per heavy atom. The fraction of sp³-hybridized carbons (Fsp3) is 0.323. The van der Waals surface area contributed by atoms with Gasteiger partial charge < -0.3 is 0 Å². The van der Waals surface area contributed by atoms with Gasteiger partial charge in [0.1, 0.15) is 0 Å². The summed E-state index contributed by atoms with van der Waals surface area (Å²) >= 11 is 0. The van der Waals surface area contributed by atoms with Crippen LogP contribution in [0.1, 0.15) is 59.9 Å². The number of nitrogens with zero attached hydrogens (tertiary/aromatic N) is 1. The summed E-state index contributed by atoms with van der Waals surface area (Å²) in [6.07, 6.45) is 23.4. The van der Waals surface area contributed by atoms with Gasteiger partial charge in [0.2, 0.25) is 5.91 Å². The molecule has 2 heteroatoms. The smallest absolute Gasteiger partial charge is 0.228 e. The van der Waals surface area contributed by atoms with E-state index in [0.29, 0.717) is 5.92 Å². The minimum atomic E-state index is 0.0298. The predicted molar refractivity (Wildman–Crippen MR) is 143 cm³/mol. The second kappa shape index (κ2) is 13.4. The van der Waals surface area contributed by atoms with Gasteiger partial charge in [0.25, 0.3) is 0 Å². The zero-order chi connectivity index (χ0) is 24.2. The lowest BCUT2D eigenvalue weighted by atomic mass is 9.79. The zero-order valence-electron chi connectivity index (χ0n) is 21.1. The summed E-state index contributed by atoms with van der Waals surface area (Å²) in [7, 11) is 0. The Bertz CT molecular complexity index is 999. The summed E-state index contributed by atoms with van der Waals surface area (Å²) in [6, 6.07) is 10.5. The molecule has 2 unspecified atom stereocenters. The van der Waals surface area contributed by atoms with Gasteiger partial charge in [0.15, 0.2) is 0 Å². The SMILES string of the molecule is C\C=C/C=C(\C(=C/C)N(C(C)=O)/C(C)=C/CC/C=C\C)C1C=CC(c2ccccc2)=CC1C. The average molecular weight is 442 g/mol. The van der Waals surface area contributed by atoms with Crippen molar-refractivity contribution in [2.45, 2.75) is 54.4 Å². The van der Waals surface area contributed by atoms with Crippen LogP contribution in [-0.4, -0.2) is 10.8 Å². The third-order valence-corrected chi connectivity index (χ3v) is 5.91. The molecule has 33 heavy (non-hydrogen) atoms. The van der Waals surface area contributed by atoms with Crippen molar-refractivity contribution in [1.29, 1.82) is 0 Å². The Morgan fingerprint density at radius 1 is 1.03 bits per heavy atom. The van der Waals surface area contributed by atoms with Crippen LogP contribution in [-0.2, 0) is 4.79 Å². The third-order valence-electron chi connectivity index (χ3n) is 5.91. The van der Waals surface area contributed by atoms with Gasteiger partial charge in [0.05, 0.1) is 0 Å². The molecule has 2 atom stereocenters. The summed E-state index contributed by atoms with van der Waals surface area (Å²) in [5.41, 5.74) is 5.56. The molecular formula is C31H39NO. The van der Waals surface area contributed by atoms with Crippen LogP contribution in [0.5, 0.6) is 0 Å². The van der Waals surface area contributed by atoms with E-state index in [0.717, 1.165) is 29.8 Å². The first-order valence-electron chi connectivity index (χ1n) is 12.0. The molecule has 0 N–H and O–H groups in total. The maximum Gasteiger partial charge on any atom is 0.228 e. The largest absolute Gasteiger partial charge is 0.286 e. The number of hydrogen-bond donors (Lipinski definition) is 0. The molecule has 0 fully saturated rings. The Labute approximate surface area is 201 Å². The summed E-state index contributed by atoms with van der Waals surface area (Å²) in [5, 5.41) is 0. The highest BCUT2D eigenvalue weighted by Gasteiger charge is 2.27. The number of allylic oxidation sites excluding steroid dienone is 13. The van der Waals surface area contributed by atoms with Crippen molar-refractivity contribution in [3.05, 3.63) is 114 Å². The quantitative estimate of drug-likeness (QED) is 0.214. The van der Waals surface area contributed by atoms with Crippen LogP contribution < -0.4 is 0 Å². The van der Waals surface area contributed by atoms with Crippen molar-refractivity contribution in [3.8, 4) is 0 Å². The number of carbonyl (C=O) groups excluding carboxylic acids is 1. The van der Waals surface area contributed by atoms with Gasteiger partial charge in [0, 0.05) is 24.2 Å². The number of rotatable bonds is 9. The van der Waals surface area contributed by atoms with Crippen molar-refractivity contribution in [2.75, 3.05) is 0 Å². The number of unbranched alkanes of at least 4 members (excludes halogenated alkanes) is 1. The highest BCUT2D eigenvalue weighted by atomic mass is 16.2. The topological polar surface area (TPSA) is 20.3 Å². The van der Waals surface area contributed by atoms with Gasteiger partial charge in [-0.15, -0.1) is 0 Å². The van der Waals surface area contributed by atoms with Crippen LogP contribution in [0.3, 0.4) is 0 Å². The molecule has 0 spiro atoms. The number of hydrogen-bond acceptors (Lipinski definition) is 1. The Morgan fingerprint density at radius 2 is 1.76 bits per heavy atom. The molecule has 0 aliphatic heterocycles. The van der Waals surface area contributed by atoms with E-state index >= 15 is 0 Å². The summed E-state index contributed by atoms with van der Waals surface area (Å²) in [5.74, 6) is 0.504. The van der Waals surface area contributed by atoms with Crippen LogP contribution >= 0.6 is 0 Å². The molecule has 0 radical (unpaired) electrons. The number of amides is 1. The molecule has 174 valence electrons. The van der Waals surface area contributed by atoms with Crippen molar-refractivity contribution in [1.82, 2.24) is 4.90 Å². The van der Waals surface area contributed by atoms with Crippen molar-refractivity contribution < 1.29 is 4.79 Å².